The van der Waals surface area contributed by atoms with Crippen molar-refractivity contribution in [2.75, 3.05) is 6.61 Å². The summed E-state index contributed by atoms with van der Waals surface area (Å²) in [5, 5.41) is 2.70. The number of amides is 1. The van der Waals surface area contributed by atoms with Crippen LogP contribution in [0.15, 0.2) is 0 Å². The fourth-order valence-corrected chi connectivity index (χ4v) is 3.79. The highest BCUT2D eigenvalue weighted by molar-refractivity contribution is 6.30. The number of rotatable bonds is 2. The molecule has 0 aromatic carbocycles. The minimum atomic E-state index is -0.432. The van der Waals surface area contributed by atoms with E-state index in [-0.39, 0.29) is 11.3 Å². The number of hydrogen-bond acceptors (Lipinski definition) is 2. The smallest absolute Gasteiger partial charge is 0.238 e. The van der Waals surface area contributed by atoms with E-state index in [1.54, 1.807) is 6.92 Å². The number of carbonyl (C=O) groups is 1. The third-order valence-electron chi connectivity index (χ3n) is 4.70. The monoisotopic (exact) mass is 243 g/mol. The lowest BCUT2D eigenvalue weighted by molar-refractivity contribution is -0.179. The lowest BCUT2D eigenvalue weighted by atomic mass is 9.46. The maximum Gasteiger partial charge on any atom is 0.238 e. The van der Waals surface area contributed by atoms with Gasteiger partial charge in [-0.25, -0.2) is 0 Å². The number of fused-ring (bicyclic) bond motifs is 2. The molecule has 90 valence electrons. The van der Waals surface area contributed by atoms with Crippen LogP contribution in [0.3, 0.4) is 0 Å². The van der Waals surface area contributed by atoms with Crippen LogP contribution >= 0.6 is 11.6 Å². The summed E-state index contributed by atoms with van der Waals surface area (Å²) < 4.78 is 5.80. The Balaban J connectivity index is 1.72. The van der Waals surface area contributed by atoms with Gasteiger partial charge in [0, 0.05) is 24.0 Å². The Hall–Kier alpha value is -0.280. The van der Waals surface area contributed by atoms with Gasteiger partial charge in [0.1, 0.15) is 5.38 Å². The highest BCUT2D eigenvalue weighted by atomic mass is 35.5. The molecule has 1 amide bonds. The van der Waals surface area contributed by atoms with Crippen molar-refractivity contribution in [1.29, 1.82) is 0 Å². The quantitative estimate of drug-likeness (QED) is 0.750. The van der Waals surface area contributed by atoms with Crippen molar-refractivity contribution in [1.82, 2.24) is 5.32 Å². The van der Waals surface area contributed by atoms with Gasteiger partial charge in [-0.2, -0.15) is 0 Å². The van der Waals surface area contributed by atoms with E-state index in [1.807, 2.05) is 0 Å². The minimum Gasteiger partial charge on any atom is -0.377 e. The van der Waals surface area contributed by atoms with Crippen molar-refractivity contribution >= 4 is 17.5 Å². The Morgan fingerprint density at radius 2 is 2.31 bits per heavy atom. The zero-order valence-corrected chi connectivity index (χ0v) is 10.3. The van der Waals surface area contributed by atoms with Crippen LogP contribution in [-0.2, 0) is 9.53 Å². The Labute approximate surface area is 101 Å². The molecule has 4 heteroatoms. The maximum atomic E-state index is 11.7. The Bertz CT molecular complexity index is 314. The zero-order valence-electron chi connectivity index (χ0n) is 9.54. The van der Waals surface area contributed by atoms with E-state index >= 15 is 0 Å². The summed E-state index contributed by atoms with van der Waals surface area (Å²) >= 11 is 5.81. The molecule has 2 aliphatic carbocycles. The van der Waals surface area contributed by atoms with E-state index in [4.69, 9.17) is 16.3 Å². The van der Waals surface area contributed by atoms with Gasteiger partial charge in [0.2, 0.25) is 5.91 Å². The molecule has 1 saturated heterocycles. The highest BCUT2D eigenvalue weighted by Gasteiger charge is 2.66. The van der Waals surface area contributed by atoms with Gasteiger partial charge in [0.15, 0.2) is 0 Å². The molecule has 3 nitrogen and oxygen atoms in total. The summed E-state index contributed by atoms with van der Waals surface area (Å²) in [6.45, 7) is 2.59. The average molecular weight is 244 g/mol. The van der Waals surface area contributed by atoms with Crippen LogP contribution in [-0.4, -0.2) is 30.0 Å². The zero-order chi connectivity index (χ0) is 11.3. The van der Waals surface area contributed by atoms with Gasteiger partial charge in [-0.3, -0.25) is 4.79 Å². The minimum absolute atomic E-state index is 0.0247. The number of hydrogen-bond donors (Lipinski definition) is 1. The number of nitrogens with one attached hydrogen (secondary N) is 1. The molecule has 0 aromatic rings. The highest BCUT2D eigenvalue weighted by Crippen LogP contribution is 2.62. The first-order chi connectivity index (χ1) is 7.65. The Morgan fingerprint density at radius 1 is 1.56 bits per heavy atom. The topological polar surface area (TPSA) is 38.3 Å². The molecule has 1 heterocycles. The summed E-state index contributed by atoms with van der Waals surface area (Å²) in [6, 6.07) is 0.322. The predicted molar refractivity (Wildman–Crippen MR) is 61.4 cm³/mol. The first-order valence-electron chi connectivity index (χ1n) is 6.21. The Morgan fingerprint density at radius 3 is 2.88 bits per heavy atom. The van der Waals surface area contributed by atoms with E-state index in [1.165, 1.54) is 19.3 Å². The number of alkyl halides is 1. The SMILES string of the molecule is CC(Cl)C(=O)NC1C2CCOC2C12CCC2. The molecule has 1 aliphatic heterocycles. The summed E-state index contributed by atoms with van der Waals surface area (Å²) in [4.78, 5) is 11.7. The molecule has 3 rings (SSSR count). The molecule has 1 spiro atoms. The number of halogens is 1. The van der Waals surface area contributed by atoms with Crippen LogP contribution in [0.25, 0.3) is 0 Å². The summed E-state index contributed by atoms with van der Waals surface area (Å²) in [6.07, 6.45) is 5.19. The van der Waals surface area contributed by atoms with Crippen LogP contribution in [0, 0.1) is 11.3 Å². The lowest BCUT2D eigenvalue weighted by Gasteiger charge is -2.63. The molecule has 0 aromatic heterocycles. The van der Waals surface area contributed by atoms with Crippen molar-refractivity contribution in [3.05, 3.63) is 0 Å². The second kappa shape index (κ2) is 3.61. The fourth-order valence-electron chi connectivity index (χ4n) is 3.72. The molecular weight excluding hydrogens is 226 g/mol. The van der Waals surface area contributed by atoms with Crippen molar-refractivity contribution in [2.45, 2.75) is 50.1 Å². The van der Waals surface area contributed by atoms with Gasteiger partial charge in [-0.05, 0) is 26.2 Å². The third-order valence-corrected chi connectivity index (χ3v) is 4.89. The lowest BCUT2D eigenvalue weighted by Crippen LogP contribution is -2.72. The van der Waals surface area contributed by atoms with Gasteiger partial charge in [0.25, 0.3) is 0 Å². The van der Waals surface area contributed by atoms with Crippen LogP contribution in [0.2, 0.25) is 0 Å². The molecule has 4 unspecified atom stereocenters. The van der Waals surface area contributed by atoms with Crippen molar-refractivity contribution in [2.24, 2.45) is 11.3 Å². The Kier molecular flexibility index (Phi) is 2.44. The fraction of sp³-hybridized carbons (Fsp3) is 0.917. The molecule has 1 N–H and O–H groups in total. The summed E-state index contributed by atoms with van der Waals surface area (Å²) in [5.41, 5.74) is 0.266. The second-order valence-corrected chi connectivity index (χ2v) is 6.09. The van der Waals surface area contributed by atoms with Crippen molar-refractivity contribution in [3.63, 3.8) is 0 Å². The standard InChI is InChI=1S/C12H18ClNO2/c1-7(13)11(15)14-9-8-3-6-16-10(8)12(9)4-2-5-12/h7-10H,2-6H2,1H3,(H,14,15). The van der Waals surface area contributed by atoms with Gasteiger partial charge in [-0.15, -0.1) is 11.6 Å². The first kappa shape index (κ1) is 10.8. The first-order valence-corrected chi connectivity index (χ1v) is 6.65. The van der Waals surface area contributed by atoms with Gasteiger partial charge < -0.3 is 10.1 Å². The molecule has 3 fully saturated rings. The molecule has 16 heavy (non-hydrogen) atoms. The molecule has 3 aliphatic rings. The van der Waals surface area contributed by atoms with E-state index < -0.39 is 5.38 Å². The summed E-state index contributed by atoms with van der Waals surface area (Å²) in [5.74, 6) is 0.517. The van der Waals surface area contributed by atoms with Crippen LogP contribution in [0.4, 0.5) is 0 Å². The van der Waals surface area contributed by atoms with Crippen LogP contribution in [0.1, 0.15) is 32.6 Å². The summed E-state index contributed by atoms with van der Waals surface area (Å²) in [7, 11) is 0. The maximum absolute atomic E-state index is 11.7. The second-order valence-electron chi connectivity index (χ2n) is 5.43. The van der Waals surface area contributed by atoms with E-state index in [2.05, 4.69) is 5.32 Å². The van der Waals surface area contributed by atoms with E-state index in [0.29, 0.717) is 18.1 Å². The number of ether oxygens (including phenoxy) is 1. The van der Waals surface area contributed by atoms with E-state index in [9.17, 15) is 4.79 Å². The van der Waals surface area contributed by atoms with Crippen molar-refractivity contribution in [3.8, 4) is 0 Å². The largest absolute Gasteiger partial charge is 0.377 e. The molecule has 0 bridgehead atoms. The van der Waals surface area contributed by atoms with E-state index in [0.717, 1.165) is 13.0 Å². The van der Waals surface area contributed by atoms with Crippen molar-refractivity contribution < 1.29 is 9.53 Å². The van der Waals surface area contributed by atoms with Gasteiger partial charge in [-0.1, -0.05) is 6.42 Å². The average Bonchev–Trinajstić information content (AvgIpc) is 2.56. The molecule has 2 saturated carbocycles. The number of carbonyl (C=O) groups excluding carboxylic acids is 1. The molecule has 4 atom stereocenters. The van der Waals surface area contributed by atoms with Crippen LogP contribution in [0.5, 0.6) is 0 Å². The van der Waals surface area contributed by atoms with Crippen LogP contribution < -0.4 is 5.32 Å². The van der Waals surface area contributed by atoms with Gasteiger partial charge in [0.05, 0.1) is 6.10 Å². The predicted octanol–water partition coefficient (Wildman–Crippen LogP) is 1.69. The van der Waals surface area contributed by atoms with Gasteiger partial charge >= 0.3 is 0 Å². The normalized spacial score (nSPS) is 40.8. The molecular formula is C12H18ClNO2. The third kappa shape index (κ3) is 1.28. The molecule has 0 radical (unpaired) electrons.